The lowest BCUT2D eigenvalue weighted by molar-refractivity contribution is 0.119. The molecule has 0 amide bonds. The number of hydrogen-bond acceptors (Lipinski definition) is 4. The molecule has 5 heteroatoms. The molecule has 0 radical (unpaired) electrons. The van der Waals surface area contributed by atoms with E-state index in [0.29, 0.717) is 0 Å². The molecule has 5 nitrogen and oxygen atoms in total. The third kappa shape index (κ3) is 5.51. The van der Waals surface area contributed by atoms with E-state index in [1.165, 1.54) is 127 Å². The Morgan fingerprint density at radius 3 is 1.97 bits per heavy atom. The normalized spacial score (nSPS) is 22.2. The van der Waals surface area contributed by atoms with E-state index < -0.39 is 0 Å². The number of rotatable bonds is 8. The molecular weight excluding hydrogens is 382 g/mol. The second-order valence-corrected chi connectivity index (χ2v) is 9.95. The van der Waals surface area contributed by atoms with Crippen molar-refractivity contribution in [1.29, 1.82) is 0 Å². The summed E-state index contributed by atoms with van der Waals surface area (Å²) in [6.07, 6.45) is 8.11. The van der Waals surface area contributed by atoms with Crippen molar-refractivity contribution >= 4 is 10.9 Å². The summed E-state index contributed by atoms with van der Waals surface area (Å²) in [4.78, 5) is 14.4. The van der Waals surface area contributed by atoms with Gasteiger partial charge in [0.2, 0.25) is 0 Å². The van der Waals surface area contributed by atoms with Crippen molar-refractivity contribution in [2.24, 2.45) is 0 Å². The second kappa shape index (κ2) is 10.5. The molecule has 0 aliphatic carbocycles. The molecule has 170 valence electrons. The maximum absolute atomic E-state index is 3.67. The number of nitrogens with one attached hydrogen (secondary N) is 1. The van der Waals surface area contributed by atoms with Gasteiger partial charge >= 0.3 is 0 Å². The first-order valence-electron chi connectivity index (χ1n) is 12.8. The van der Waals surface area contributed by atoms with Gasteiger partial charge in [0.05, 0.1) is 0 Å². The van der Waals surface area contributed by atoms with Gasteiger partial charge in [-0.05, 0) is 83.0 Å². The molecule has 0 spiro atoms. The van der Waals surface area contributed by atoms with Crippen molar-refractivity contribution in [3.8, 4) is 0 Å². The average molecular weight is 424 g/mol. The van der Waals surface area contributed by atoms with Crippen LogP contribution in [0.4, 0.5) is 0 Å². The standard InChI is InChI=1S/C26H41N5/c1-4-11-28(12-5-1)13-6-14-29-18-20-30(21-19-29)15-7-16-31-17-10-24-23-8-2-3-9-25(23)27-26(24)22-31/h2-3,8-9,27H,1,4-7,10-22H2. The SMILES string of the molecule is c1ccc2c3c([nH]c2c1)CN(CCCN1CCN(CCCN2CCCCC2)CC1)CC3. The zero-order chi connectivity index (χ0) is 20.9. The van der Waals surface area contributed by atoms with Gasteiger partial charge in [-0.1, -0.05) is 24.6 Å². The Hall–Kier alpha value is -1.40. The molecule has 3 aliphatic rings. The summed E-state index contributed by atoms with van der Waals surface area (Å²) in [6.45, 7) is 15.1. The molecule has 2 saturated heterocycles. The number of nitrogens with zero attached hydrogens (tertiary/aromatic N) is 4. The van der Waals surface area contributed by atoms with Crippen molar-refractivity contribution in [2.45, 2.75) is 45.1 Å². The lowest BCUT2D eigenvalue weighted by atomic mass is 10.0. The molecule has 2 fully saturated rings. The van der Waals surface area contributed by atoms with Crippen LogP contribution in [0.25, 0.3) is 10.9 Å². The van der Waals surface area contributed by atoms with Gasteiger partial charge < -0.3 is 19.7 Å². The summed E-state index contributed by atoms with van der Waals surface area (Å²) in [5.74, 6) is 0. The predicted octanol–water partition coefficient (Wildman–Crippen LogP) is 3.41. The van der Waals surface area contributed by atoms with Crippen molar-refractivity contribution in [2.75, 3.05) is 72.0 Å². The highest BCUT2D eigenvalue weighted by atomic mass is 15.3. The third-order valence-electron chi connectivity index (χ3n) is 7.77. The van der Waals surface area contributed by atoms with Gasteiger partial charge in [-0.15, -0.1) is 0 Å². The lowest BCUT2D eigenvalue weighted by Gasteiger charge is -2.36. The van der Waals surface area contributed by atoms with Gasteiger partial charge in [0.15, 0.2) is 0 Å². The fourth-order valence-electron chi connectivity index (χ4n) is 5.90. The molecule has 0 bridgehead atoms. The zero-order valence-electron chi connectivity index (χ0n) is 19.3. The van der Waals surface area contributed by atoms with E-state index in [0.717, 1.165) is 6.54 Å². The smallest absolute Gasteiger partial charge is 0.0459 e. The van der Waals surface area contributed by atoms with Gasteiger partial charge in [0, 0.05) is 55.9 Å². The molecule has 0 saturated carbocycles. The Morgan fingerprint density at radius 1 is 0.645 bits per heavy atom. The van der Waals surface area contributed by atoms with E-state index in [9.17, 15) is 0 Å². The lowest BCUT2D eigenvalue weighted by Crippen LogP contribution is -2.47. The summed E-state index contributed by atoms with van der Waals surface area (Å²) in [5, 5.41) is 1.44. The van der Waals surface area contributed by atoms with Crippen molar-refractivity contribution in [1.82, 2.24) is 24.6 Å². The summed E-state index contributed by atoms with van der Waals surface area (Å²) >= 11 is 0. The largest absolute Gasteiger partial charge is 0.357 e. The van der Waals surface area contributed by atoms with Crippen LogP contribution in [0.3, 0.4) is 0 Å². The van der Waals surface area contributed by atoms with Gasteiger partial charge in [0.1, 0.15) is 0 Å². The fourth-order valence-corrected chi connectivity index (χ4v) is 5.90. The minimum absolute atomic E-state index is 1.09. The molecule has 4 heterocycles. The van der Waals surface area contributed by atoms with E-state index in [4.69, 9.17) is 0 Å². The van der Waals surface area contributed by atoms with Crippen LogP contribution in [0.1, 0.15) is 43.4 Å². The summed E-state index contributed by atoms with van der Waals surface area (Å²) in [5.41, 5.74) is 4.32. The number of likely N-dealkylation sites (tertiary alicyclic amines) is 1. The van der Waals surface area contributed by atoms with Crippen LogP contribution in [0.15, 0.2) is 24.3 Å². The van der Waals surface area contributed by atoms with Crippen LogP contribution < -0.4 is 0 Å². The number of para-hydroxylation sites is 1. The molecule has 5 rings (SSSR count). The molecule has 31 heavy (non-hydrogen) atoms. The number of piperidine rings is 1. The number of piperazine rings is 1. The van der Waals surface area contributed by atoms with Gasteiger partial charge in [-0.3, -0.25) is 4.90 Å². The van der Waals surface area contributed by atoms with Crippen LogP contribution >= 0.6 is 0 Å². The minimum Gasteiger partial charge on any atom is -0.357 e. The molecule has 1 N–H and O–H groups in total. The van der Waals surface area contributed by atoms with E-state index in [1.54, 1.807) is 5.56 Å². The van der Waals surface area contributed by atoms with Crippen LogP contribution in [0, 0.1) is 0 Å². The third-order valence-corrected chi connectivity index (χ3v) is 7.77. The highest BCUT2D eigenvalue weighted by molar-refractivity contribution is 5.84. The number of aromatic amines is 1. The maximum Gasteiger partial charge on any atom is 0.0459 e. The van der Waals surface area contributed by atoms with Crippen molar-refractivity contribution in [3.63, 3.8) is 0 Å². The Morgan fingerprint density at radius 2 is 1.26 bits per heavy atom. The fraction of sp³-hybridized carbons (Fsp3) is 0.692. The first-order chi connectivity index (χ1) is 15.3. The quantitative estimate of drug-likeness (QED) is 0.704. The number of hydrogen-bond donors (Lipinski definition) is 1. The molecule has 1 aromatic heterocycles. The molecule has 2 aromatic rings. The first-order valence-corrected chi connectivity index (χ1v) is 12.8. The Labute approximate surface area is 188 Å². The van der Waals surface area contributed by atoms with E-state index in [1.807, 2.05) is 0 Å². The maximum atomic E-state index is 3.67. The highest BCUT2D eigenvalue weighted by Gasteiger charge is 2.21. The monoisotopic (exact) mass is 423 g/mol. The average Bonchev–Trinajstić information content (AvgIpc) is 3.19. The summed E-state index contributed by atoms with van der Waals surface area (Å²) in [7, 11) is 0. The van der Waals surface area contributed by atoms with Crippen molar-refractivity contribution in [3.05, 3.63) is 35.5 Å². The topological polar surface area (TPSA) is 28.8 Å². The highest BCUT2D eigenvalue weighted by Crippen LogP contribution is 2.27. The van der Waals surface area contributed by atoms with Crippen molar-refractivity contribution < 1.29 is 0 Å². The van der Waals surface area contributed by atoms with Gasteiger partial charge in [-0.25, -0.2) is 0 Å². The molecule has 0 atom stereocenters. The number of aromatic nitrogens is 1. The Kier molecular flexibility index (Phi) is 7.25. The van der Waals surface area contributed by atoms with Crippen LogP contribution in [0.5, 0.6) is 0 Å². The number of fused-ring (bicyclic) bond motifs is 3. The van der Waals surface area contributed by atoms with Gasteiger partial charge in [-0.2, -0.15) is 0 Å². The minimum atomic E-state index is 1.09. The first kappa shape index (κ1) is 21.4. The van der Waals surface area contributed by atoms with Crippen LogP contribution in [0.2, 0.25) is 0 Å². The van der Waals surface area contributed by atoms with Gasteiger partial charge in [0.25, 0.3) is 0 Å². The molecule has 0 unspecified atom stereocenters. The summed E-state index contributed by atoms with van der Waals surface area (Å²) in [6, 6.07) is 8.78. The molecule has 1 aromatic carbocycles. The van der Waals surface area contributed by atoms with Crippen LogP contribution in [-0.2, 0) is 13.0 Å². The van der Waals surface area contributed by atoms with E-state index in [-0.39, 0.29) is 0 Å². The second-order valence-electron chi connectivity index (χ2n) is 9.95. The van der Waals surface area contributed by atoms with Crippen LogP contribution in [-0.4, -0.2) is 96.6 Å². The Balaban J connectivity index is 0.973. The van der Waals surface area contributed by atoms with E-state index >= 15 is 0 Å². The molecular formula is C26H41N5. The predicted molar refractivity (Wildman–Crippen MR) is 130 cm³/mol. The zero-order valence-corrected chi connectivity index (χ0v) is 19.3. The summed E-state index contributed by atoms with van der Waals surface area (Å²) < 4.78 is 0. The molecule has 3 aliphatic heterocycles. The van der Waals surface area contributed by atoms with E-state index in [2.05, 4.69) is 48.8 Å². The Bertz CT molecular complexity index is 816. The number of benzene rings is 1. The number of H-pyrrole nitrogens is 1.